The molecule has 112 valence electrons. The van der Waals surface area contributed by atoms with Crippen LogP contribution in [-0.4, -0.2) is 7.11 Å². The van der Waals surface area contributed by atoms with E-state index in [-0.39, 0.29) is 5.75 Å². The second-order valence-corrected chi connectivity index (χ2v) is 4.40. The molecular formula is C15H13F4NO. The van der Waals surface area contributed by atoms with E-state index in [1.807, 2.05) is 0 Å². The molecule has 0 aromatic heterocycles. The number of hydrogen-bond donors (Lipinski definition) is 1. The standard InChI is InChI=1S/C15H13F4NO/c1-21-14-7-2-10(8-13(14)16)9-20-12-5-3-11(4-6-12)15(17,18)19/h2-8,20H,9H2,1H3. The van der Waals surface area contributed by atoms with E-state index in [1.165, 1.54) is 31.4 Å². The van der Waals surface area contributed by atoms with E-state index in [0.29, 0.717) is 17.8 Å². The number of rotatable bonds is 4. The predicted octanol–water partition coefficient (Wildman–Crippen LogP) is 4.47. The highest BCUT2D eigenvalue weighted by molar-refractivity contribution is 5.46. The van der Waals surface area contributed by atoms with Gasteiger partial charge in [0.05, 0.1) is 12.7 Å². The normalized spacial score (nSPS) is 11.3. The molecule has 0 unspecified atom stereocenters. The minimum absolute atomic E-state index is 0.147. The molecule has 0 aliphatic rings. The Labute approximate surface area is 119 Å². The summed E-state index contributed by atoms with van der Waals surface area (Å²) in [4.78, 5) is 0. The van der Waals surface area contributed by atoms with Crippen molar-refractivity contribution in [3.8, 4) is 5.75 Å². The Hall–Kier alpha value is -2.24. The molecule has 0 atom stereocenters. The molecule has 0 amide bonds. The highest BCUT2D eigenvalue weighted by atomic mass is 19.4. The van der Waals surface area contributed by atoms with Crippen LogP contribution in [0.2, 0.25) is 0 Å². The van der Waals surface area contributed by atoms with Gasteiger partial charge in [-0.2, -0.15) is 13.2 Å². The van der Waals surface area contributed by atoms with E-state index in [2.05, 4.69) is 5.32 Å². The van der Waals surface area contributed by atoms with Crippen LogP contribution in [0.1, 0.15) is 11.1 Å². The third kappa shape index (κ3) is 3.87. The van der Waals surface area contributed by atoms with Crippen LogP contribution in [0.5, 0.6) is 5.75 Å². The molecule has 0 aliphatic carbocycles. The summed E-state index contributed by atoms with van der Waals surface area (Å²) in [7, 11) is 1.37. The second kappa shape index (κ2) is 6.03. The lowest BCUT2D eigenvalue weighted by atomic mass is 10.1. The summed E-state index contributed by atoms with van der Waals surface area (Å²) < 4.78 is 55.5. The predicted molar refractivity (Wildman–Crippen MR) is 71.7 cm³/mol. The first-order valence-electron chi connectivity index (χ1n) is 6.13. The number of methoxy groups -OCH3 is 1. The van der Waals surface area contributed by atoms with Gasteiger partial charge in [-0.25, -0.2) is 4.39 Å². The van der Waals surface area contributed by atoms with Gasteiger partial charge in [-0.05, 0) is 42.0 Å². The number of nitrogens with one attached hydrogen (secondary N) is 1. The highest BCUT2D eigenvalue weighted by Gasteiger charge is 2.29. The number of alkyl halides is 3. The van der Waals surface area contributed by atoms with Gasteiger partial charge < -0.3 is 10.1 Å². The van der Waals surface area contributed by atoms with E-state index >= 15 is 0 Å². The Morgan fingerprint density at radius 1 is 1.05 bits per heavy atom. The third-order valence-electron chi connectivity index (χ3n) is 2.93. The first-order chi connectivity index (χ1) is 9.90. The summed E-state index contributed by atoms with van der Waals surface area (Å²) in [5, 5.41) is 2.93. The van der Waals surface area contributed by atoms with Gasteiger partial charge in [-0.1, -0.05) is 6.07 Å². The monoisotopic (exact) mass is 299 g/mol. The molecule has 2 aromatic carbocycles. The van der Waals surface area contributed by atoms with E-state index in [0.717, 1.165) is 12.1 Å². The molecule has 0 bridgehead atoms. The topological polar surface area (TPSA) is 21.3 Å². The van der Waals surface area contributed by atoms with Gasteiger partial charge in [-0.3, -0.25) is 0 Å². The molecule has 1 N–H and O–H groups in total. The van der Waals surface area contributed by atoms with Crippen molar-refractivity contribution in [3.63, 3.8) is 0 Å². The number of anilines is 1. The maximum atomic E-state index is 13.5. The van der Waals surface area contributed by atoms with E-state index in [9.17, 15) is 17.6 Å². The molecule has 2 aromatic rings. The summed E-state index contributed by atoms with van der Waals surface area (Å²) in [6.45, 7) is 0.298. The Balaban J connectivity index is 2.01. The Morgan fingerprint density at radius 3 is 2.24 bits per heavy atom. The molecule has 21 heavy (non-hydrogen) atoms. The van der Waals surface area contributed by atoms with Crippen molar-refractivity contribution in [1.82, 2.24) is 0 Å². The van der Waals surface area contributed by atoms with E-state index in [4.69, 9.17) is 4.74 Å². The number of benzene rings is 2. The average Bonchev–Trinajstić information content (AvgIpc) is 2.45. The molecule has 2 nitrogen and oxygen atoms in total. The second-order valence-electron chi connectivity index (χ2n) is 4.40. The molecule has 0 saturated heterocycles. The molecule has 0 aliphatic heterocycles. The lowest BCUT2D eigenvalue weighted by molar-refractivity contribution is -0.137. The lowest BCUT2D eigenvalue weighted by Crippen LogP contribution is -2.05. The van der Waals surface area contributed by atoms with Crippen LogP contribution in [0.4, 0.5) is 23.2 Å². The fraction of sp³-hybridized carbons (Fsp3) is 0.200. The van der Waals surface area contributed by atoms with Crippen molar-refractivity contribution in [3.05, 3.63) is 59.4 Å². The van der Waals surface area contributed by atoms with Crippen molar-refractivity contribution >= 4 is 5.69 Å². The smallest absolute Gasteiger partial charge is 0.416 e. The summed E-state index contributed by atoms with van der Waals surface area (Å²) in [5.74, 6) is -0.336. The summed E-state index contributed by atoms with van der Waals surface area (Å²) in [6.07, 6.45) is -4.35. The molecule has 6 heteroatoms. The van der Waals surface area contributed by atoms with E-state index in [1.54, 1.807) is 6.07 Å². The van der Waals surface area contributed by atoms with Gasteiger partial charge in [0.25, 0.3) is 0 Å². The molecule has 2 rings (SSSR count). The van der Waals surface area contributed by atoms with Crippen molar-refractivity contribution in [2.24, 2.45) is 0 Å². The van der Waals surface area contributed by atoms with Gasteiger partial charge in [0.1, 0.15) is 0 Å². The molecule has 0 saturated carbocycles. The van der Waals surface area contributed by atoms with Gasteiger partial charge in [-0.15, -0.1) is 0 Å². The molecule has 0 radical (unpaired) electrons. The van der Waals surface area contributed by atoms with Crippen molar-refractivity contribution in [2.45, 2.75) is 12.7 Å². The molecule has 0 heterocycles. The average molecular weight is 299 g/mol. The van der Waals surface area contributed by atoms with Crippen LogP contribution >= 0.6 is 0 Å². The van der Waals surface area contributed by atoms with Crippen LogP contribution in [0.15, 0.2) is 42.5 Å². The molecule has 0 spiro atoms. The number of hydrogen-bond acceptors (Lipinski definition) is 2. The minimum Gasteiger partial charge on any atom is -0.494 e. The summed E-state index contributed by atoms with van der Waals surface area (Å²) in [6, 6.07) is 9.16. The number of ether oxygens (including phenoxy) is 1. The Bertz CT molecular complexity index is 608. The fourth-order valence-corrected chi connectivity index (χ4v) is 1.80. The van der Waals surface area contributed by atoms with Gasteiger partial charge >= 0.3 is 6.18 Å². The highest BCUT2D eigenvalue weighted by Crippen LogP contribution is 2.29. The van der Waals surface area contributed by atoms with E-state index < -0.39 is 17.6 Å². The SMILES string of the molecule is COc1ccc(CNc2ccc(C(F)(F)F)cc2)cc1F. The summed E-state index contributed by atoms with van der Waals surface area (Å²) in [5.41, 5.74) is 0.482. The Morgan fingerprint density at radius 2 is 1.71 bits per heavy atom. The zero-order chi connectivity index (χ0) is 15.5. The van der Waals surface area contributed by atoms with Crippen molar-refractivity contribution in [2.75, 3.05) is 12.4 Å². The van der Waals surface area contributed by atoms with Gasteiger partial charge in [0.15, 0.2) is 11.6 Å². The van der Waals surface area contributed by atoms with Crippen molar-refractivity contribution < 1.29 is 22.3 Å². The van der Waals surface area contributed by atoms with Gasteiger partial charge in [0.2, 0.25) is 0 Å². The first kappa shape index (κ1) is 15.2. The van der Waals surface area contributed by atoms with Crippen LogP contribution in [-0.2, 0) is 12.7 Å². The zero-order valence-electron chi connectivity index (χ0n) is 11.2. The maximum Gasteiger partial charge on any atom is 0.416 e. The van der Waals surface area contributed by atoms with Crippen LogP contribution in [0, 0.1) is 5.82 Å². The van der Waals surface area contributed by atoms with Crippen LogP contribution < -0.4 is 10.1 Å². The van der Waals surface area contributed by atoms with Crippen LogP contribution in [0.25, 0.3) is 0 Å². The van der Waals surface area contributed by atoms with Crippen molar-refractivity contribution in [1.29, 1.82) is 0 Å². The summed E-state index contributed by atoms with van der Waals surface area (Å²) >= 11 is 0. The van der Waals surface area contributed by atoms with Gasteiger partial charge in [0, 0.05) is 12.2 Å². The Kier molecular flexibility index (Phi) is 4.35. The van der Waals surface area contributed by atoms with Crippen LogP contribution in [0.3, 0.4) is 0 Å². The number of halogens is 4. The molecular weight excluding hydrogens is 286 g/mol. The lowest BCUT2D eigenvalue weighted by Gasteiger charge is -2.10. The minimum atomic E-state index is -4.35. The zero-order valence-corrected chi connectivity index (χ0v) is 11.2. The molecule has 0 fully saturated rings. The third-order valence-corrected chi connectivity index (χ3v) is 2.93. The first-order valence-corrected chi connectivity index (χ1v) is 6.13. The fourth-order valence-electron chi connectivity index (χ4n) is 1.80. The largest absolute Gasteiger partial charge is 0.494 e. The quantitative estimate of drug-likeness (QED) is 0.841. The maximum absolute atomic E-state index is 13.5.